The van der Waals surface area contributed by atoms with Crippen molar-refractivity contribution in [2.24, 2.45) is 0 Å². The van der Waals surface area contributed by atoms with Gasteiger partial charge in [-0.25, -0.2) is 0 Å². The molecule has 0 radical (unpaired) electrons. The number of amides is 1. The van der Waals surface area contributed by atoms with Crippen molar-refractivity contribution in [3.05, 3.63) is 76.7 Å². The SMILES string of the molecule is O=C(NN1CCOc2ccccc21)c1cnc2c(-c3cc(Cl)cc(Cl)c3)cncc2c1N1CCOCC1. The van der Waals surface area contributed by atoms with Gasteiger partial charge >= 0.3 is 0 Å². The van der Waals surface area contributed by atoms with Gasteiger partial charge in [-0.2, -0.15) is 0 Å². The normalized spacial score (nSPS) is 15.3. The Bertz CT molecular complexity index is 1470. The molecule has 10 heteroatoms. The van der Waals surface area contributed by atoms with Gasteiger partial charge in [-0.3, -0.25) is 25.2 Å². The summed E-state index contributed by atoms with van der Waals surface area (Å²) in [5.41, 5.74) is 7.40. The van der Waals surface area contributed by atoms with Crippen molar-refractivity contribution >= 4 is 51.4 Å². The number of benzene rings is 2. The van der Waals surface area contributed by atoms with Crippen molar-refractivity contribution in [2.45, 2.75) is 0 Å². The number of morpholine rings is 1. The summed E-state index contributed by atoms with van der Waals surface area (Å²) in [5.74, 6) is 0.469. The molecule has 0 aliphatic carbocycles. The van der Waals surface area contributed by atoms with Gasteiger partial charge in [-0.05, 0) is 35.9 Å². The van der Waals surface area contributed by atoms with Crippen LogP contribution >= 0.6 is 23.2 Å². The molecule has 4 heterocycles. The Kier molecular flexibility index (Phi) is 6.46. The van der Waals surface area contributed by atoms with E-state index in [1.807, 2.05) is 41.4 Å². The average Bonchev–Trinajstić information content (AvgIpc) is 2.92. The number of hydrogen-bond donors (Lipinski definition) is 1. The molecule has 0 atom stereocenters. The molecule has 37 heavy (non-hydrogen) atoms. The number of anilines is 2. The summed E-state index contributed by atoms with van der Waals surface area (Å²) in [6.45, 7) is 3.43. The highest BCUT2D eigenvalue weighted by atomic mass is 35.5. The van der Waals surface area contributed by atoms with Gasteiger partial charge in [-0.15, -0.1) is 0 Å². The lowest BCUT2D eigenvalue weighted by Gasteiger charge is -2.33. The summed E-state index contributed by atoms with van der Waals surface area (Å²) in [6, 6.07) is 13.0. The third-order valence-corrected chi connectivity index (χ3v) is 6.90. The van der Waals surface area contributed by atoms with Gasteiger partial charge in [0.2, 0.25) is 0 Å². The van der Waals surface area contributed by atoms with E-state index in [-0.39, 0.29) is 5.91 Å². The molecular weight excluding hydrogens is 513 g/mol. The number of fused-ring (bicyclic) bond motifs is 2. The Morgan fingerprint density at radius 2 is 1.73 bits per heavy atom. The molecule has 1 fully saturated rings. The number of carbonyl (C=O) groups is 1. The molecule has 2 aliphatic heterocycles. The smallest absolute Gasteiger partial charge is 0.273 e. The first-order chi connectivity index (χ1) is 18.1. The molecule has 188 valence electrons. The number of hydrazine groups is 1. The number of nitrogens with one attached hydrogen (secondary N) is 1. The van der Waals surface area contributed by atoms with Crippen LogP contribution in [0.2, 0.25) is 10.0 Å². The molecule has 2 aromatic carbocycles. The first kappa shape index (κ1) is 23.8. The lowest BCUT2D eigenvalue weighted by atomic mass is 10.0. The number of halogens is 2. The van der Waals surface area contributed by atoms with Crippen molar-refractivity contribution in [1.82, 2.24) is 15.4 Å². The molecule has 1 amide bonds. The standard InChI is InChI=1S/C27H23Cl2N5O3/c28-18-11-17(12-19(29)13-18)20-14-30-15-21-25(20)31-16-22(26(21)33-5-8-36-9-6-33)27(35)32-34-7-10-37-24-4-2-1-3-23(24)34/h1-4,11-16H,5-10H2,(H,32,35). The molecule has 0 bridgehead atoms. The molecule has 6 rings (SSSR count). The zero-order valence-electron chi connectivity index (χ0n) is 19.8. The minimum atomic E-state index is -0.260. The molecule has 1 N–H and O–H groups in total. The topological polar surface area (TPSA) is 79.8 Å². The zero-order chi connectivity index (χ0) is 25.4. The third-order valence-electron chi connectivity index (χ3n) is 6.46. The zero-order valence-corrected chi connectivity index (χ0v) is 21.3. The molecular formula is C27H23Cl2N5O3. The lowest BCUT2D eigenvalue weighted by molar-refractivity contribution is 0.0943. The van der Waals surface area contributed by atoms with Crippen molar-refractivity contribution in [3.63, 3.8) is 0 Å². The van der Waals surface area contributed by atoms with Gasteiger partial charge in [0.15, 0.2) is 0 Å². The number of ether oxygens (including phenoxy) is 2. The number of carbonyl (C=O) groups excluding carboxylic acids is 1. The van der Waals surface area contributed by atoms with Crippen LogP contribution in [-0.2, 0) is 4.74 Å². The van der Waals surface area contributed by atoms with Crippen LogP contribution in [-0.4, -0.2) is 55.3 Å². The van der Waals surface area contributed by atoms with Gasteiger partial charge in [0.1, 0.15) is 12.4 Å². The summed E-state index contributed by atoms with van der Waals surface area (Å²) < 4.78 is 11.3. The molecule has 2 aliphatic rings. The van der Waals surface area contributed by atoms with Crippen molar-refractivity contribution in [3.8, 4) is 16.9 Å². The van der Waals surface area contributed by atoms with Gasteiger partial charge < -0.3 is 14.4 Å². The minimum absolute atomic E-state index is 0.260. The fourth-order valence-corrected chi connectivity index (χ4v) is 5.31. The largest absolute Gasteiger partial charge is 0.489 e. The summed E-state index contributed by atoms with van der Waals surface area (Å²) in [4.78, 5) is 25.1. The maximum atomic E-state index is 13.7. The van der Waals surface area contributed by atoms with E-state index < -0.39 is 0 Å². The molecule has 4 aromatic rings. The molecule has 8 nitrogen and oxygen atoms in total. The summed E-state index contributed by atoms with van der Waals surface area (Å²) in [6.07, 6.45) is 5.12. The van der Waals surface area contributed by atoms with Gasteiger partial charge in [0.25, 0.3) is 5.91 Å². The molecule has 2 aromatic heterocycles. The maximum absolute atomic E-state index is 13.7. The molecule has 0 saturated carbocycles. The van der Waals surface area contributed by atoms with Crippen molar-refractivity contribution in [2.75, 3.05) is 49.4 Å². The van der Waals surface area contributed by atoms with Crippen LogP contribution < -0.4 is 20.1 Å². The van der Waals surface area contributed by atoms with Crippen LogP contribution in [0, 0.1) is 0 Å². The number of para-hydroxylation sites is 2. The average molecular weight is 536 g/mol. The maximum Gasteiger partial charge on any atom is 0.273 e. The first-order valence-corrected chi connectivity index (χ1v) is 12.7. The summed E-state index contributed by atoms with van der Waals surface area (Å²) in [7, 11) is 0. The number of rotatable bonds is 4. The number of aromatic nitrogens is 2. The van der Waals surface area contributed by atoms with Crippen LogP contribution in [0.15, 0.2) is 61.1 Å². The second kappa shape index (κ2) is 10.0. The van der Waals surface area contributed by atoms with Crippen LogP contribution in [0.3, 0.4) is 0 Å². The van der Waals surface area contributed by atoms with Crippen LogP contribution in [0.25, 0.3) is 22.0 Å². The second-order valence-corrected chi connectivity index (χ2v) is 9.64. The van der Waals surface area contributed by atoms with Crippen LogP contribution in [0.1, 0.15) is 10.4 Å². The van der Waals surface area contributed by atoms with E-state index in [4.69, 9.17) is 37.7 Å². The van der Waals surface area contributed by atoms with E-state index in [1.165, 1.54) is 0 Å². The van der Waals surface area contributed by atoms with Gasteiger partial charge in [0, 0.05) is 52.7 Å². The lowest BCUT2D eigenvalue weighted by Crippen LogP contribution is -2.47. The van der Waals surface area contributed by atoms with Gasteiger partial charge in [0.05, 0.1) is 42.2 Å². The Hall–Kier alpha value is -3.59. The molecule has 1 saturated heterocycles. The van der Waals surface area contributed by atoms with E-state index >= 15 is 0 Å². The van der Waals surface area contributed by atoms with E-state index in [0.717, 1.165) is 33.6 Å². The third kappa shape index (κ3) is 4.64. The van der Waals surface area contributed by atoms with E-state index in [2.05, 4.69) is 15.3 Å². The Balaban J connectivity index is 1.45. The predicted octanol–water partition coefficient (Wildman–Crippen LogP) is 4.98. The second-order valence-electron chi connectivity index (χ2n) is 8.77. The predicted molar refractivity (Wildman–Crippen MR) is 145 cm³/mol. The molecule has 0 spiro atoms. The number of nitrogens with zero attached hydrogens (tertiary/aromatic N) is 4. The highest BCUT2D eigenvalue weighted by Crippen LogP contribution is 2.37. The van der Waals surface area contributed by atoms with Gasteiger partial charge in [-0.1, -0.05) is 35.3 Å². The fourth-order valence-electron chi connectivity index (χ4n) is 4.78. The van der Waals surface area contributed by atoms with E-state index in [9.17, 15) is 4.79 Å². The van der Waals surface area contributed by atoms with E-state index in [0.29, 0.717) is 60.6 Å². The summed E-state index contributed by atoms with van der Waals surface area (Å²) in [5, 5.41) is 3.63. The van der Waals surface area contributed by atoms with Crippen LogP contribution in [0.5, 0.6) is 5.75 Å². The Labute approximate surface area is 223 Å². The highest BCUT2D eigenvalue weighted by Gasteiger charge is 2.26. The monoisotopic (exact) mass is 535 g/mol. The van der Waals surface area contributed by atoms with E-state index in [1.54, 1.807) is 24.7 Å². The minimum Gasteiger partial charge on any atom is -0.489 e. The van der Waals surface area contributed by atoms with Crippen molar-refractivity contribution in [1.29, 1.82) is 0 Å². The summed E-state index contributed by atoms with van der Waals surface area (Å²) >= 11 is 12.6. The molecule has 0 unspecified atom stereocenters. The van der Waals surface area contributed by atoms with Crippen LogP contribution in [0.4, 0.5) is 11.4 Å². The Morgan fingerprint density at radius 3 is 2.54 bits per heavy atom. The van der Waals surface area contributed by atoms with Crippen molar-refractivity contribution < 1.29 is 14.3 Å². The number of pyridine rings is 2. The highest BCUT2D eigenvalue weighted by molar-refractivity contribution is 6.35. The first-order valence-electron chi connectivity index (χ1n) is 11.9. The Morgan fingerprint density at radius 1 is 0.946 bits per heavy atom. The number of hydrogen-bond acceptors (Lipinski definition) is 7. The fraction of sp³-hybridized carbons (Fsp3) is 0.222. The quantitative estimate of drug-likeness (QED) is 0.394.